The first-order chi connectivity index (χ1) is 15.7. The van der Waals surface area contributed by atoms with Gasteiger partial charge >= 0.3 is 0 Å². The van der Waals surface area contributed by atoms with Crippen LogP contribution >= 0.6 is 0 Å². The SMILES string of the molecule is Cc1ccc(CNC(=O)c2ccccc2NC(=O)c2cc([N+](=O)[O-])cc([N+](=O)[O-])c2C)cc1. The molecule has 10 heteroatoms. The molecule has 0 aliphatic rings. The van der Waals surface area contributed by atoms with Crippen LogP contribution in [0.5, 0.6) is 0 Å². The molecule has 0 atom stereocenters. The molecule has 0 saturated heterocycles. The molecule has 33 heavy (non-hydrogen) atoms. The highest BCUT2D eigenvalue weighted by molar-refractivity contribution is 6.10. The second-order valence-electron chi connectivity index (χ2n) is 7.32. The Balaban J connectivity index is 1.85. The number of carbonyl (C=O) groups excluding carboxylic acids is 2. The topological polar surface area (TPSA) is 144 Å². The van der Waals surface area contributed by atoms with Gasteiger partial charge in [0.2, 0.25) is 0 Å². The van der Waals surface area contributed by atoms with Crippen LogP contribution in [0, 0.1) is 34.1 Å². The van der Waals surface area contributed by atoms with Crippen LogP contribution in [0.25, 0.3) is 0 Å². The van der Waals surface area contributed by atoms with Gasteiger partial charge in [-0.15, -0.1) is 0 Å². The summed E-state index contributed by atoms with van der Waals surface area (Å²) in [4.78, 5) is 46.5. The lowest BCUT2D eigenvalue weighted by Crippen LogP contribution is -2.25. The number of carbonyl (C=O) groups is 2. The van der Waals surface area contributed by atoms with Crippen molar-refractivity contribution < 1.29 is 19.4 Å². The predicted molar refractivity (Wildman–Crippen MR) is 121 cm³/mol. The second kappa shape index (κ2) is 9.69. The Bertz CT molecular complexity index is 1250. The standard InChI is InChI=1S/C23H20N4O6/c1-14-7-9-16(10-8-14)13-24-22(28)18-5-3-4-6-20(18)25-23(29)19-11-17(26(30)31)12-21(15(19)2)27(32)33/h3-12H,13H2,1-2H3,(H,24,28)(H,25,29). The Kier molecular flexibility index (Phi) is 6.77. The van der Waals surface area contributed by atoms with Crippen molar-refractivity contribution in [3.05, 3.63) is 109 Å². The average Bonchev–Trinajstić information content (AvgIpc) is 2.78. The molecule has 0 saturated carbocycles. The zero-order valence-electron chi connectivity index (χ0n) is 17.8. The molecule has 2 N–H and O–H groups in total. The third-order valence-electron chi connectivity index (χ3n) is 5.01. The van der Waals surface area contributed by atoms with E-state index in [1.54, 1.807) is 12.1 Å². The minimum Gasteiger partial charge on any atom is -0.348 e. The minimum absolute atomic E-state index is 0.0237. The number of non-ortho nitro benzene ring substituents is 1. The maximum Gasteiger partial charge on any atom is 0.279 e. The zero-order valence-corrected chi connectivity index (χ0v) is 17.8. The van der Waals surface area contributed by atoms with Gasteiger partial charge in [-0.1, -0.05) is 42.0 Å². The maximum atomic E-state index is 12.9. The van der Waals surface area contributed by atoms with Crippen molar-refractivity contribution in [1.29, 1.82) is 0 Å². The Hall–Kier alpha value is -4.60. The first kappa shape index (κ1) is 23.1. The molecule has 10 nitrogen and oxygen atoms in total. The van der Waals surface area contributed by atoms with Crippen LogP contribution in [-0.2, 0) is 6.54 Å². The Morgan fingerprint density at radius 1 is 0.848 bits per heavy atom. The van der Waals surface area contributed by atoms with Crippen molar-refractivity contribution in [2.75, 3.05) is 5.32 Å². The van der Waals surface area contributed by atoms with E-state index >= 15 is 0 Å². The number of nitro benzene ring substituents is 2. The van der Waals surface area contributed by atoms with Crippen molar-refractivity contribution in [3.63, 3.8) is 0 Å². The molecule has 0 unspecified atom stereocenters. The van der Waals surface area contributed by atoms with E-state index in [9.17, 15) is 29.8 Å². The molecule has 168 valence electrons. The third kappa shape index (κ3) is 5.37. The molecule has 3 rings (SSSR count). The highest BCUT2D eigenvalue weighted by Crippen LogP contribution is 2.29. The first-order valence-corrected chi connectivity index (χ1v) is 9.85. The number of hydrogen-bond acceptors (Lipinski definition) is 6. The highest BCUT2D eigenvalue weighted by Gasteiger charge is 2.25. The maximum absolute atomic E-state index is 12.9. The fourth-order valence-electron chi connectivity index (χ4n) is 3.18. The Morgan fingerprint density at radius 3 is 2.15 bits per heavy atom. The van der Waals surface area contributed by atoms with Crippen LogP contribution in [0.15, 0.2) is 60.7 Å². The summed E-state index contributed by atoms with van der Waals surface area (Å²) in [6.45, 7) is 3.56. The van der Waals surface area contributed by atoms with Crippen molar-refractivity contribution in [1.82, 2.24) is 5.32 Å². The van der Waals surface area contributed by atoms with Crippen molar-refractivity contribution in [2.45, 2.75) is 20.4 Å². The molecule has 0 aliphatic heterocycles. The number of rotatable bonds is 7. The first-order valence-electron chi connectivity index (χ1n) is 9.85. The summed E-state index contributed by atoms with van der Waals surface area (Å²) in [6.07, 6.45) is 0. The number of aryl methyl sites for hydroxylation is 1. The number of nitrogens with one attached hydrogen (secondary N) is 2. The van der Waals surface area contributed by atoms with Crippen LogP contribution in [0.1, 0.15) is 37.4 Å². The van der Waals surface area contributed by atoms with E-state index in [1.807, 2.05) is 31.2 Å². The average molecular weight is 448 g/mol. The van der Waals surface area contributed by atoms with Crippen molar-refractivity contribution in [2.24, 2.45) is 0 Å². The quantitative estimate of drug-likeness (QED) is 0.407. The van der Waals surface area contributed by atoms with E-state index < -0.39 is 33.0 Å². The van der Waals surface area contributed by atoms with Gasteiger partial charge in [0, 0.05) is 18.2 Å². The normalized spacial score (nSPS) is 10.4. The van der Waals surface area contributed by atoms with Gasteiger partial charge in [0.15, 0.2) is 0 Å². The molecule has 0 aliphatic carbocycles. The van der Waals surface area contributed by atoms with Gasteiger partial charge in [-0.2, -0.15) is 0 Å². The summed E-state index contributed by atoms with van der Waals surface area (Å²) < 4.78 is 0. The van der Waals surface area contributed by atoms with Gasteiger partial charge in [-0.05, 0) is 31.5 Å². The molecule has 0 fully saturated rings. The van der Waals surface area contributed by atoms with E-state index in [1.165, 1.54) is 19.1 Å². The second-order valence-corrected chi connectivity index (χ2v) is 7.32. The molecular formula is C23H20N4O6. The van der Waals surface area contributed by atoms with Gasteiger partial charge in [0.25, 0.3) is 23.2 Å². The summed E-state index contributed by atoms with van der Waals surface area (Å²) in [6, 6.07) is 15.7. The van der Waals surface area contributed by atoms with Crippen LogP contribution in [-0.4, -0.2) is 21.7 Å². The van der Waals surface area contributed by atoms with Gasteiger partial charge in [0.1, 0.15) is 0 Å². The Labute approximate surface area is 188 Å². The number of nitro groups is 2. The number of nitrogens with zero attached hydrogens (tertiary/aromatic N) is 2. The molecule has 3 aromatic rings. The van der Waals surface area contributed by atoms with Gasteiger partial charge in [0.05, 0.1) is 32.7 Å². The summed E-state index contributed by atoms with van der Waals surface area (Å²) in [7, 11) is 0. The number of hydrogen-bond donors (Lipinski definition) is 2. The Morgan fingerprint density at radius 2 is 1.52 bits per heavy atom. The summed E-state index contributed by atoms with van der Waals surface area (Å²) in [5.41, 5.74) is 0.952. The monoisotopic (exact) mass is 448 g/mol. The molecule has 0 spiro atoms. The molecule has 0 aromatic heterocycles. The lowest BCUT2D eigenvalue weighted by molar-refractivity contribution is -0.394. The summed E-state index contributed by atoms with van der Waals surface area (Å²) in [5.74, 6) is -1.24. The molecule has 0 heterocycles. The van der Waals surface area contributed by atoms with E-state index in [4.69, 9.17) is 0 Å². The molecule has 3 aromatic carbocycles. The van der Waals surface area contributed by atoms with Crippen LogP contribution in [0.4, 0.5) is 17.1 Å². The van der Waals surface area contributed by atoms with E-state index in [-0.39, 0.29) is 28.9 Å². The molecule has 2 amide bonds. The number of anilines is 1. The van der Waals surface area contributed by atoms with Crippen molar-refractivity contribution in [3.8, 4) is 0 Å². The predicted octanol–water partition coefficient (Wildman–Crippen LogP) is 4.30. The summed E-state index contributed by atoms with van der Waals surface area (Å²) >= 11 is 0. The molecule has 0 bridgehead atoms. The third-order valence-corrected chi connectivity index (χ3v) is 5.01. The van der Waals surface area contributed by atoms with E-state index in [2.05, 4.69) is 10.6 Å². The lowest BCUT2D eigenvalue weighted by atomic mass is 10.0. The number of amides is 2. The number of benzene rings is 3. The summed E-state index contributed by atoms with van der Waals surface area (Å²) in [5, 5.41) is 27.8. The van der Waals surface area contributed by atoms with Crippen molar-refractivity contribution >= 4 is 28.9 Å². The van der Waals surface area contributed by atoms with E-state index in [0.29, 0.717) is 0 Å². The van der Waals surface area contributed by atoms with Gasteiger partial charge in [-0.25, -0.2) is 0 Å². The van der Waals surface area contributed by atoms with Crippen LogP contribution in [0.2, 0.25) is 0 Å². The minimum atomic E-state index is -0.810. The van der Waals surface area contributed by atoms with Crippen LogP contribution < -0.4 is 10.6 Å². The van der Waals surface area contributed by atoms with Crippen LogP contribution in [0.3, 0.4) is 0 Å². The largest absolute Gasteiger partial charge is 0.348 e. The smallest absolute Gasteiger partial charge is 0.279 e. The fourth-order valence-corrected chi connectivity index (χ4v) is 3.18. The van der Waals surface area contributed by atoms with Gasteiger partial charge in [-0.3, -0.25) is 29.8 Å². The lowest BCUT2D eigenvalue weighted by Gasteiger charge is -2.13. The fraction of sp³-hybridized carbons (Fsp3) is 0.130. The van der Waals surface area contributed by atoms with E-state index in [0.717, 1.165) is 23.3 Å². The number of para-hydroxylation sites is 1. The molecular weight excluding hydrogens is 428 g/mol. The molecule has 0 radical (unpaired) electrons. The van der Waals surface area contributed by atoms with Gasteiger partial charge < -0.3 is 10.6 Å². The zero-order chi connectivity index (χ0) is 24.1. The highest BCUT2D eigenvalue weighted by atomic mass is 16.6.